The van der Waals surface area contributed by atoms with Crippen molar-refractivity contribution in [2.24, 2.45) is 0 Å². The first kappa shape index (κ1) is 18.6. The van der Waals surface area contributed by atoms with E-state index in [2.05, 4.69) is 10.6 Å². The molecule has 1 fully saturated rings. The number of para-hydroxylation sites is 1. The van der Waals surface area contributed by atoms with E-state index >= 15 is 0 Å². The maximum absolute atomic E-state index is 12.4. The lowest BCUT2D eigenvalue weighted by atomic mass is 10.1. The number of benzene rings is 2. The van der Waals surface area contributed by atoms with Crippen LogP contribution in [0.1, 0.15) is 5.56 Å². The zero-order chi connectivity index (χ0) is 20.3. The van der Waals surface area contributed by atoms with Crippen LogP contribution in [0.2, 0.25) is 0 Å². The van der Waals surface area contributed by atoms with Crippen LogP contribution in [0.4, 0.5) is 16.2 Å². The van der Waals surface area contributed by atoms with Gasteiger partial charge in [-0.3, -0.25) is 19.7 Å². The van der Waals surface area contributed by atoms with Crippen LogP contribution >= 0.6 is 0 Å². The van der Waals surface area contributed by atoms with Gasteiger partial charge in [-0.15, -0.1) is 0 Å². The van der Waals surface area contributed by atoms with Crippen molar-refractivity contribution in [2.45, 2.75) is 0 Å². The molecule has 0 radical (unpaired) electrons. The standard InChI is InChI=1S/C18H14N4O6/c23-15-4-2-1-3-11(15)9-14-17(25)21(18(26)20-14)10-16(24)19-12-5-7-13(8-6-12)22(27)28/h1-9,23H,10H2,(H,19,24)(H,20,26)/b14-9-. The summed E-state index contributed by atoms with van der Waals surface area (Å²) in [5.74, 6) is -1.43. The Balaban J connectivity index is 1.68. The fraction of sp³-hybridized carbons (Fsp3) is 0.0556. The average Bonchev–Trinajstić information content (AvgIpc) is 2.91. The lowest BCUT2D eigenvalue weighted by Crippen LogP contribution is -2.38. The molecule has 10 heteroatoms. The van der Waals surface area contributed by atoms with Gasteiger partial charge in [-0.25, -0.2) is 9.69 Å². The number of non-ortho nitro benzene ring substituents is 1. The minimum absolute atomic E-state index is 0.0635. The summed E-state index contributed by atoms with van der Waals surface area (Å²) < 4.78 is 0. The smallest absolute Gasteiger partial charge is 0.329 e. The molecule has 0 unspecified atom stereocenters. The second-order valence-corrected chi connectivity index (χ2v) is 5.79. The molecular formula is C18H14N4O6. The molecule has 3 rings (SSSR count). The largest absolute Gasteiger partial charge is 0.507 e. The number of imide groups is 1. The molecule has 142 valence electrons. The minimum Gasteiger partial charge on any atom is -0.507 e. The van der Waals surface area contributed by atoms with Gasteiger partial charge in [0, 0.05) is 23.4 Å². The number of aromatic hydroxyl groups is 1. The highest BCUT2D eigenvalue weighted by Gasteiger charge is 2.35. The van der Waals surface area contributed by atoms with Gasteiger partial charge in [-0.05, 0) is 24.3 Å². The molecule has 1 heterocycles. The van der Waals surface area contributed by atoms with Gasteiger partial charge < -0.3 is 15.7 Å². The van der Waals surface area contributed by atoms with Gasteiger partial charge in [0.15, 0.2) is 0 Å². The van der Waals surface area contributed by atoms with Gasteiger partial charge in [0.1, 0.15) is 18.0 Å². The fourth-order valence-electron chi connectivity index (χ4n) is 2.49. The Hall–Kier alpha value is -4.21. The Morgan fingerprint density at radius 1 is 1.18 bits per heavy atom. The van der Waals surface area contributed by atoms with E-state index in [4.69, 9.17) is 0 Å². The van der Waals surface area contributed by atoms with E-state index in [1.807, 2.05) is 0 Å². The third kappa shape index (κ3) is 3.96. The normalized spacial score (nSPS) is 14.9. The van der Waals surface area contributed by atoms with Crippen LogP contribution in [0.5, 0.6) is 5.75 Å². The number of nitro benzene ring substituents is 1. The van der Waals surface area contributed by atoms with Crippen LogP contribution < -0.4 is 10.6 Å². The summed E-state index contributed by atoms with van der Waals surface area (Å²) in [5, 5.41) is 25.2. The van der Waals surface area contributed by atoms with Crippen LogP contribution in [-0.4, -0.2) is 39.3 Å². The molecule has 4 amide bonds. The van der Waals surface area contributed by atoms with E-state index in [1.54, 1.807) is 18.2 Å². The molecule has 3 N–H and O–H groups in total. The molecule has 0 bridgehead atoms. The van der Waals surface area contributed by atoms with E-state index in [0.29, 0.717) is 10.5 Å². The number of amides is 4. The van der Waals surface area contributed by atoms with E-state index in [9.17, 15) is 29.6 Å². The predicted molar refractivity (Wildman–Crippen MR) is 98.1 cm³/mol. The molecule has 0 spiro atoms. The number of phenols is 1. The third-order valence-electron chi connectivity index (χ3n) is 3.86. The summed E-state index contributed by atoms with van der Waals surface area (Å²) in [7, 11) is 0. The summed E-state index contributed by atoms with van der Waals surface area (Å²) in [6.45, 7) is -0.542. The first-order chi connectivity index (χ1) is 13.3. The van der Waals surface area contributed by atoms with Crippen molar-refractivity contribution in [3.63, 3.8) is 0 Å². The molecule has 2 aromatic rings. The molecule has 0 aliphatic carbocycles. The lowest BCUT2D eigenvalue weighted by Gasteiger charge is -2.11. The van der Waals surface area contributed by atoms with Gasteiger partial charge in [-0.2, -0.15) is 0 Å². The monoisotopic (exact) mass is 382 g/mol. The van der Waals surface area contributed by atoms with E-state index in [1.165, 1.54) is 36.4 Å². The number of hydrogen-bond acceptors (Lipinski definition) is 6. The van der Waals surface area contributed by atoms with Crippen molar-refractivity contribution in [2.75, 3.05) is 11.9 Å². The molecule has 28 heavy (non-hydrogen) atoms. The second kappa shape index (κ2) is 7.58. The topological polar surface area (TPSA) is 142 Å². The number of nitrogens with one attached hydrogen (secondary N) is 2. The molecule has 10 nitrogen and oxygen atoms in total. The summed E-state index contributed by atoms with van der Waals surface area (Å²) >= 11 is 0. The Labute approximate surface area is 158 Å². The van der Waals surface area contributed by atoms with E-state index < -0.39 is 29.3 Å². The number of hydrogen-bond donors (Lipinski definition) is 3. The summed E-state index contributed by atoms with van der Waals surface area (Å²) in [6.07, 6.45) is 1.31. The quantitative estimate of drug-likeness (QED) is 0.312. The minimum atomic E-state index is -0.773. The Kier molecular flexibility index (Phi) is 5.03. The highest BCUT2D eigenvalue weighted by molar-refractivity contribution is 6.16. The van der Waals surface area contributed by atoms with Crippen LogP contribution in [0.15, 0.2) is 54.2 Å². The van der Waals surface area contributed by atoms with Crippen molar-refractivity contribution < 1.29 is 24.4 Å². The highest BCUT2D eigenvalue weighted by atomic mass is 16.6. The molecule has 1 aliphatic rings. The number of carbonyl (C=O) groups is 3. The van der Waals surface area contributed by atoms with E-state index in [-0.39, 0.29) is 22.8 Å². The van der Waals surface area contributed by atoms with Gasteiger partial charge in [0.2, 0.25) is 5.91 Å². The molecule has 1 aliphatic heterocycles. The number of nitro groups is 1. The van der Waals surface area contributed by atoms with Crippen LogP contribution in [0, 0.1) is 10.1 Å². The number of rotatable bonds is 5. The van der Waals surface area contributed by atoms with Crippen LogP contribution in [0.25, 0.3) is 6.08 Å². The maximum atomic E-state index is 12.4. The Morgan fingerprint density at radius 3 is 2.50 bits per heavy atom. The van der Waals surface area contributed by atoms with Gasteiger partial charge in [0.25, 0.3) is 11.6 Å². The van der Waals surface area contributed by atoms with Crippen molar-refractivity contribution in [1.29, 1.82) is 0 Å². The van der Waals surface area contributed by atoms with Crippen LogP contribution in [-0.2, 0) is 9.59 Å². The molecular weight excluding hydrogens is 368 g/mol. The highest BCUT2D eigenvalue weighted by Crippen LogP contribution is 2.21. The number of carbonyl (C=O) groups excluding carboxylic acids is 3. The number of urea groups is 1. The van der Waals surface area contributed by atoms with E-state index in [0.717, 1.165) is 0 Å². The van der Waals surface area contributed by atoms with Gasteiger partial charge >= 0.3 is 6.03 Å². The zero-order valence-corrected chi connectivity index (χ0v) is 14.3. The van der Waals surface area contributed by atoms with Crippen molar-refractivity contribution in [3.05, 3.63) is 69.9 Å². The predicted octanol–water partition coefficient (Wildman–Crippen LogP) is 1.83. The van der Waals surface area contributed by atoms with Crippen molar-refractivity contribution in [3.8, 4) is 5.75 Å². The molecule has 2 aromatic carbocycles. The molecule has 1 saturated heterocycles. The van der Waals surface area contributed by atoms with Crippen molar-refractivity contribution in [1.82, 2.24) is 10.2 Å². The summed E-state index contributed by atoms with van der Waals surface area (Å²) in [4.78, 5) is 47.3. The van der Waals surface area contributed by atoms with Gasteiger partial charge in [0.05, 0.1) is 4.92 Å². The molecule has 0 atom stereocenters. The summed E-state index contributed by atoms with van der Waals surface area (Å²) in [5.41, 5.74) is 0.414. The second-order valence-electron chi connectivity index (χ2n) is 5.79. The SMILES string of the molecule is O=C(CN1C(=O)N/C(=C\c2ccccc2O)C1=O)Nc1ccc([N+](=O)[O-])cc1. The number of phenolic OH excluding ortho intramolecular Hbond substituents is 1. The number of anilines is 1. The fourth-order valence-corrected chi connectivity index (χ4v) is 2.49. The first-order valence-electron chi connectivity index (χ1n) is 8.02. The maximum Gasteiger partial charge on any atom is 0.329 e. The number of nitrogens with zero attached hydrogens (tertiary/aromatic N) is 2. The van der Waals surface area contributed by atoms with Crippen molar-refractivity contribution >= 4 is 35.3 Å². The summed E-state index contributed by atoms with van der Waals surface area (Å²) in [6, 6.07) is 10.6. The molecule has 0 saturated carbocycles. The Morgan fingerprint density at radius 2 is 1.86 bits per heavy atom. The Bertz CT molecular complexity index is 999. The first-order valence-corrected chi connectivity index (χ1v) is 8.02. The zero-order valence-electron chi connectivity index (χ0n) is 14.3. The lowest BCUT2D eigenvalue weighted by molar-refractivity contribution is -0.384. The van der Waals surface area contributed by atoms with Gasteiger partial charge in [-0.1, -0.05) is 18.2 Å². The average molecular weight is 382 g/mol. The van der Waals surface area contributed by atoms with Crippen LogP contribution in [0.3, 0.4) is 0 Å². The third-order valence-corrected chi connectivity index (χ3v) is 3.86. The molecule has 0 aromatic heterocycles.